The fourth-order valence-corrected chi connectivity index (χ4v) is 6.97. The van der Waals surface area contributed by atoms with E-state index >= 15 is 0 Å². The lowest BCUT2D eigenvalue weighted by Gasteiger charge is -2.34. The van der Waals surface area contributed by atoms with Crippen molar-refractivity contribution in [3.8, 4) is 0 Å². The zero-order chi connectivity index (χ0) is 29.6. The first-order valence-electron chi connectivity index (χ1n) is 13.8. The molecule has 2 amide bonds. The molecule has 1 atom stereocenters. The number of nitrogens with zero attached hydrogens (tertiary/aromatic N) is 2. The highest BCUT2D eigenvalue weighted by Crippen LogP contribution is 2.33. The molecule has 0 saturated heterocycles. The largest absolute Gasteiger partial charge is 0.352 e. The lowest BCUT2D eigenvalue weighted by atomic mass is 10.1. The Balaban J connectivity index is 1.73. The summed E-state index contributed by atoms with van der Waals surface area (Å²) < 4.78 is 28.8. The molecule has 0 aliphatic heterocycles. The summed E-state index contributed by atoms with van der Waals surface area (Å²) in [5.74, 6) is -0.771. The van der Waals surface area contributed by atoms with Gasteiger partial charge in [0.1, 0.15) is 12.6 Å². The zero-order valence-electron chi connectivity index (χ0n) is 23.2. The molecule has 0 unspecified atom stereocenters. The second-order valence-electron chi connectivity index (χ2n) is 10.3. The van der Waals surface area contributed by atoms with Crippen LogP contribution in [0.4, 0.5) is 5.69 Å². The molecule has 1 aliphatic carbocycles. The molecule has 10 heteroatoms. The minimum absolute atomic E-state index is 0.0000512. The number of aryl methyl sites for hydroxylation is 1. The smallest absolute Gasteiger partial charge is 0.264 e. The molecule has 7 nitrogen and oxygen atoms in total. The van der Waals surface area contributed by atoms with Gasteiger partial charge in [-0.3, -0.25) is 13.9 Å². The number of hydrogen-bond donors (Lipinski definition) is 1. The number of sulfonamides is 1. The number of hydrogen-bond acceptors (Lipinski definition) is 4. The van der Waals surface area contributed by atoms with Crippen LogP contribution in [0.15, 0.2) is 77.7 Å². The molecular formula is C31H35Cl2N3O4S. The van der Waals surface area contributed by atoms with Crippen LogP contribution in [0, 0.1) is 6.92 Å². The van der Waals surface area contributed by atoms with E-state index in [0.29, 0.717) is 6.42 Å². The summed E-state index contributed by atoms with van der Waals surface area (Å²) in [7, 11) is -4.23. The van der Waals surface area contributed by atoms with Gasteiger partial charge < -0.3 is 10.2 Å². The van der Waals surface area contributed by atoms with Crippen LogP contribution in [-0.2, 0) is 26.2 Å². The van der Waals surface area contributed by atoms with E-state index in [4.69, 9.17) is 23.2 Å². The Hall–Kier alpha value is -3.07. The summed E-state index contributed by atoms with van der Waals surface area (Å²) in [6.07, 6.45) is 4.29. The Kier molecular flexibility index (Phi) is 10.3. The fourth-order valence-electron chi connectivity index (χ4n) is 5.09. The minimum Gasteiger partial charge on any atom is -0.352 e. The van der Waals surface area contributed by atoms with Crippen LogP contribution >= 0.6 is 23.2 Å². The molecule has 41 heavy (non-hydrogen) atoms. The number of rotatable bonds is 11. The molecular weight excluding hydrogens is 581 g/mol. The Morgan fingerprint density at radius 2 is 1.63 bits per heavy atom. The van der Waals surface area contributed by atoms with Crippen LogP contribution in [0.2, 0.25) is 10.0 Å². The van der Waals surface area contributed by atoms with Crippen molar-refractivity contribution in [1.29, 1.82) is 0 Å². The Bertz CT molecular complexity index is 1460. The van der Waals surface area contributed by atoms with Crippen molar-refractivity contribution in [1.82, 2.24) is 10.2 Å². The number of amides is 2. The normalized spacial score (nSPS) is 14.4. The van der Waals surface area contributed by atoms with Crippen molar-refractivity contribution in [3.05, 3.63) is 94.0 Å². The number of nitrogens with one attached hydrogen (secondary N) is 1. The molecule has 1 N–H and O–H groups in total. The Morgan fingerprint density at radius 3 is 2.27 bits per heavy atom. The fraction of sp³-hybridized carbons (Fsp3) is 0.355. The molecule has 3 aromatic carbocycles. The molecule has 0 spiro atoms. The molecule has 1 aliphatic rings. The predicted molar refractivity (Wildman–Crippen MR) is 164 cm³/mol. The van der Waals surface area contributed by atoms with E-state index in [1.165, 1.54) is 29.2 Å². The van der Waals surface area contributed by atoms with Gasteiger partial charge in [0.25, 0.3) is 10.0 Å². The van der Waals surface area contributed by atoms with Gasteiger partial charge >= 0.3 is 0 Å². The monoisotopic (exact) mass is 615 g/mol. The zero-order valence-corrected chi connectivity index (χ0v) is 25.6. The van der Waals surface area contributed by atoms with Gasteiger partial charge in [0, 0.05) is 17.6 Å². The second-order valence-corrected chi connectivity index (χ2v) is 13.0. The standard InChI is InChI=1S/C31H35Cl2N3O4S/c1-3-28(31(38)34-25-9-7-8-10-25)35(20-23-15-13-22(2)14-16-23)30(37)21-36(29-19-24(32)17-18-27(29)33)41(39,40)26-11-5-4-6-12-26/h4-6,11-19,25,28H,3,7-10,20-21H2,1-2H3,(H,34,38)/t28-/m1/s1. The van der Waals surface area contributed by atoms with E-state index in [-0.39, 0.29) is 39.1 Å². The van der Waals surface area contributed by atoms with Crippen LogP contribution in [0.1, 0.15) is 50.2 Å². The summed E-state index contributed by atoms with van der Waals surface area (Å²) in [5, 5.41) is 3.51. The third kappa shape index (κ3) is 7.61. The minimum atomic E-state index is -4.23. The molecule has 0 heterocycles. The molecule has 3 aromatic rings. The third-order valence-electron chi connectivity index (χ3n) is 7.35. The molecule has 0 aromatic heterocycles. The Morgan fingerprint density at radius 1 is 0.976 bits per heavy atom. The van der Waals surface area contributed by atoms with E-state index < -0.39 is 28.5 Å². The Labute approximate surface area is 252 Å². The van der Waals surface area contributed by atoms with Gasteiger partial charge in [-0.25, -0.2) is 8.42 Å². The van der Waals surface area contributed by atoms with Crippen LogP contribution in [-0.4, -0.2) is 43.8 Å². The number of anilines is 1. The molecule has 1 saturated carbocycles. The lowest BCUT2D eigenvalue weighted by Crippen LogP contribution is -2.53. The third-order valence-corrected chi connectivity index (χ3v) is 9.68. The predicted octanol–water partition coefficient (Wildman–Crippen LogP) is 6.36. The average molecular weight is 617 g/mol. The molecule has 0 bridgehead atoms. The van der Waals surface area contributed by atoms with E-state index in [1.54, 1.807) is 24.3 Å². The van der Waals surface area contributed by atoms with Gasteiger partial charge in [-0.15, -0.1) is 0 Å². The first-order valence-corrected chi connectivity index (χ1v) is 16.0. The van der Waals surface area contributed by atoms with Gasteiger partial charge in [-0.2, -0.15) is 0 Å². The number of carbonyl (C=O) groups is 2. The van der Waals surface area contributed by atoms with Crippen molar-refractivity contribution in [2.45, 2.75) is 69.5 Å². The van der Waals surface area contributed by atoms with E-state index in [1.807, 2.05) is 38.1 Å². The summed E-state index contributed by atoms with van der Waals surface area (Å²) in [6.45, 7) is 3.38. The van der Waals surface area contributed by atoms with Crippen molar-refractivity contribution >= 4 is 50.7 Å². The maximum absolute atomic E-state index is 14.2. The number of benzene rings is 3. The topological polar surface area (TPSA) is 86.8 Å². The van der Waals surface area contributed by atoms with E-state index in [0.717, 1.165) is 41.1 Å². The van der Waals surface area contributed by atoms with E-state index in [2.05, 4.69) is 5.32 Å². The van der Waals surface area contributed by atoms with Gasteiger partial charge in [0.15, 0.2) is 0 Å². The summed E-state index contributed by atoms with van der Waals surface area (Å²) in [4.78, 5) is 29.2. The maximum Gasteiger partial charge on any atom is 0.264 e. The lowest BCUT2D eigenvalue weighted by molar-refractivity contribution is -0.140. The highest BCUT2D eigenvalue weighted by atomic mass is 35.5. The van der Waals surface area contributed by atoms with Gasteiger partial charge in [-0.1, -0.05) is 91.0 Å². The van der Waals surface area contributed by atoms with Crippen LogP contribution < -0.4 is 9.62 Å². The second kappa shape index (κ2) is 13.7. The van der Waals surface area contributed by atoms with Gasteiger partial charge in [0.2, 0.25) is 11.8 Å². The van der Waals surface area contributed by atoms with Gasteiger partial charge in [0.05, 0.1) is 15.6 Å². The van der Waals surface area contributed by atoms with Crippen molar-refractivity contribution < 1.29 is 18.0 Å². The molecule has 1 fully saturated rings. The first kappa shape index (κ1) is 30.9. The van der Waals surface area contributed by atoms with Crippen molar-refractivity contribution in [3.63, 3.8) is 0 Å². The van der Waals surface area contributed by atoms with Crippen LogP contribution in [0.3, 0.4) is 0 Å². The molecule has 0 radical (unpaired) electrons. The first-order chi connectivity index (χ1) is 19.6. The maximum atomic E-state index is 14.2. The number of halogens is 2. The van der Waals surface area contributed by atoms with Crippen molar-refractivity contribution in [2.24, 2.45) is 0 Å². The van der Waals surface area contributed by atoms with E-state index in [9.17, 15) is 18.0 Å². The summed E-state index contributed by atoms with van der Waals surface area (Å²) >= 11 is 12.7. The molecule has 4 rings (SSSR count). The molecule has 218 valence electrons. The summed E-state index contributed by atoms with van der Waals surface area (Å²) in [6, 6.07) is 19.3. The van der Waals surface area contributed by atoms with Crippen LogP contribution in [0.5, 0.6) is 0 Å². The quantitative estimate of drug-likeness (QED) is 0.272. The average Bonchev–Trinajstić information content (AvgIpc) is 3.47. The van der Waals surface area contributed by atoms with Crippen LogP contribution in [0.25, 0.3) is 0 Å². The van der Waals surface area contributed by atoms with Gasteiger partial charge in [-0.05, 0) is 62.1 Å². The number of carbonyl (C=O) groups excluding carboxylic acids is 2. The highest BCUT2D eigenvalue weighted by molar-refractivity contribution is 7.92. The van der Waals surface area contributed by atoms with Crippen molar-refractivity contribution in [2.75, 3.05) is 10.8 Å². The highest BCUT2D eigenvalue weighted by Gasteiger charge is 2.35. The summed E-state index contributed by atoms with van der Waals surface area (Å²) in [5.41, 5.74) is 1.97. The SMILES string of the molecule is CC[C@H](C(=O)NC1CCCC1)N(Cc1ccc(C)cc1)C(=O)CN(c1cc(Cl)ccc1Cl)S(=O)(=O)c1ccccc1.